The number of carbonyl (C=O) groups excluding carboxylic acids is 1. The predicted octanol–water partition coefficient (Wildman–Crippen LogP) is 7.39. The smallest absolute Gasteiger partial charge is 0.233 e. The summed E-state index contributed by atoms with van der Waals surface area (Å²) in [6.07, 6.45) is 11.6. The van der Waals surface area contributed by atoms with E-state index in [1.807, 2.05) is 12.3 Å². The lowest BCUT2D eigenvalue weighted by molar-refractivity contribution is -0.137. The zero-order valence-electron chi connectivity index (χ0n) is 26.5. The van der Waals surface area contributed by atoms with Crippen LogP contribution in [-0.2, 0) is 16.6 Å². The van der Waals surface area contributed by atoms with E-state index in [0.29, 0.717) is 18.0 Å². The van der Waals surface area contributed by atoms with Crippen molar-refractivity contribution in [1.29, 1.82) is 0 Å². The highest BCUT2D eigenvalue weighted by Crippen LogP contribution is 2.42. The molecule has 2 aromatic heterocycles. The average Bonchev–Trinajstić information content (AvgIpc) is 3.71. The van der Waals surface area contributed by atoms with Crippen molar-refractivity contribution in [2.45, 2.75) is 103 Å². The number of benzene rings is 2. The van der Waals surface area contributed by atoms with Gasteiger partial charge in [0.05, 0.1) is 17.3 Å². The molecule has 1 atom stereocenters. The molecular formula is C37H47N5O. The minimum absolute atomic E-state index is 0.289. The molecule has 43 heavy (non-hydrogen) atoms. The highest BCUT2D eigenvalue weighted by molar-refractivity contribution is 5.95. The van der Waals surface area contributed by atoms with E-state index in [1.165, 1.54) is 38.9 Å². The maximum absolute atomic E-state index is 14.0. The van der Waals surface area contributed by atoms with Crippen LogP contribution in [0.1, 0.15) is 93.0 Å². The van der Waals surface area contributed by atoms with Gasteiger partial charge >= 0.3 is 0 Å². The van der Waals surface area contributed by atoms with Crippen molar-refractivity contribution in [3.63, 3.8) is 0 Å². The lowest BCUT2D eigenvalue weighted by Gasteiger charge is -2.33. The first kappa shape index (κ1) is 29.6. The molecule has 2 fully saturated rings. The highest BCUT2D eigenvalue weighted by Gasteiger charge is 2.47. The summed E-state index contributed by atoms with van der Waals surface area (Å²) in [4.78, 5) is 20.0. The summed E-state index contributed by atoms with van der Waals surface area (Å²) in [5.74, 6) is 0.582. The Labute approximate surface area is 256 Å². The molecule has 1 unspecified atom stereocenters. The van der Waals surface area contributed by atoms with Gasteiger partial charge in [-0.1, -0.05) is 30.2 Å². The van der Waals surface area contributed by atoms with Gasteiger partial charge in [-0.25, -0.2) is 0 Å². The maximum Gasteiger partial charge on any atom is 0.233 e. The fraction of sp³-hybridized carbons (Fsp3) is 0.486. The summed E-state index contributed by atoms with van der Waals surface area (Å²) in [6.45, 7) is 12.8. The maximum atomic E-state index is 14.0. The average molecular weight is 578 g/mol. The Hall–Kier alpha value is -3.51. The number of nitrogens with one attached hydrogen (secondary N) is 2. The topological polar surface area (TPSA) is 73.9 Å². The van der Waals surface area contributed by atoms with E-state index in [2.05, 4.69) is 96.4 Å². The minimum atomic E-state index is -0.570. The van der Waals surface area contributed by atoms with Crippen LogP contribution in [0, 0.1) is 13.8 Å². The zero-order valence-corrected chi connectivity index (χ0v) is 26.5. The van der Waals surface area contributed by atoms with E-state index in [-0.39, 0.29) is 5.92 Å². The Morgan fingerprint density at radius 3 is 2.40 bits per heavy atom. The summed E-state index contributed by atoms with van der Waals surface area (Å²) in [5.41, 5.74) is 9.21. The summed E-state index contributed by atoms with van der Waals surface area (Å²) in [5, 5.41) is 12.8. The van der Waals surface area contributed by atoms with Crippen molar-refractivity contribution in [1.82, 2.24) is 25.4 Å². The van der Waals surface area contributed by atoms with E-state index in [1.54, 1.807) is 6.20 Å². The second-order valence-corrected chi connectivity index (χ2v) is 13.7. The molecule has 0 saturated carbocycles. The number of H-pyrrole nitrogens is 1. The molecule has 4 aromatic rings. The SMILES string of the molecule is Cc1cc(C)cc(-c2[nH]c3ccc(C(C)(C)C(=O)N4C5CCC4CC5)cc3c2C(C)CNCCCCc2ccnnc2)c1. The summed E-state index contributed by atoms with van der Waals surface area (Å²) in [6, 6.07) is 16.4. The zero-order chi connectivity index (χ0) is 30.1. The molecule has 0 radical (unpaired) electrons. The molecular weight excluding hydrogens is 530 g/mol. The van der Waals surface area contributed by atoms with Gasteiger partial charge in [-0.3, -0.25) is 4.79 Å². The van der Waals surface area contributed by atoms with Gasteiger partial charge in [0.15, 0.2) is 0 Å². The highest BCUT2D eigenvalue weighted by atomic mass is 16.2. The first-order valence-corrected chi connectivity index (χ1v) is 16.3. The third-order valence-electron chi connectivity index (χ3n) is 9.95. The second kappa shape index (κ2) is 12.2. The molecule has 1 amide bonds. The fourth-order valence-electron chi connectivity index (χ4n) is 7.62. The van der Waals surface area contributed by atoms with Crippen LogP contribution in [0.4, 0.5) is 0 Å². The molecule has 2 N–H and O–H groups in total. The Kier molecular flexibility index (Phi) is 8.41. The molecule has 4 heterocycles. The van der Waals surface area contributed by atoms with Crippen LogP contribution in [-0.4, -0.2) is 51.2 Å². The largest absolute Gasteiger partial charge is 0.354 e. The molecule has 2 bridgehead atoms. The van der Waals surface area contributed by atoms with Gasteiger partial charge in [0.25, 0.3) is 0 Å². The number of amides is 1. The number of aryl methyl sites for hydroxylation is 3. The van der Waals surface area contributed by atoms with Crippen LogP contribution in [0.3, 0.4) is 0 Å². The number of carbonyl (C=O) groups is 1. The Bertz CT molecular complexity index is 1550. The van der Waals surface area contributed by atoms with Gasteiger partial charge in [0, 0.05) is 35.7 Å². The quantitative estimate of drug-likeness (QED) is 0.182. The Morgan fingerprint density at radius 2 is 1.72 bits per heavy atom. The van der Waals surface area contributed by atoms with Gasteiger partial charge in [0.1, 0.15) is 0 Å². The molecule has 2 saturated heterocycles. The number of aromatic nitrogens is 3. The number of hydrogen-bond acceptors (Lipinski definition) is 4. The number of rotatable bonds is 11. The lowest BCUT2D eigenvalue weighted by atomic mass is 9.81. The summed E-state index contributed by atoms with van der Waals surface area (Å²) < 4.78 is 0. The number of hydrogen-bond donors (Lipinski definition) is 2. The van der Waals surface area contributed by atoms with Gasteiger partial charge < -0.3 is 15.2 Å². The number of nitrogens with zero attached hydrogens (tertiary/aromatic N) is 3. The van der Waals surface area contributed by atoms with Crippen LogP contribution in [0.25, 0.3) is 22.2 Å². The van der Waals surface area contributed by atoms with E-state index < -0.39 is 5.41 Å². The Balaban J connectivity index is 1.26. The number of aromatic amines is 1. The first-order chi connectivity index (χ1) is 20.7. The van der Waals surface area contributed by atoms with Gasteiger partial charge in [-0.2, -0.15) is 10.2 Å². The minimum Gasteiger partial charge on any atom is -0.354 e. The Morgan fingerprint density at radius 1 is 1.00 bits per heavy atom. The summed E-state index contributed by atoms with van der Waals surface area (Å²) in [7, 11) is 0. The van der Waals surface area contributed by atoms with Crippen LogP contribution < -0.4 is 5.32 Å². The molecule has 2 aliphatic heterocycles. The van der Waals surface area contributed by atoms with Crippen molar-refractivity contribution in [2.75, 3.05) is 13.1 Å². The molecule has 0 spiro atoms. The van der Waals surface area contributed by atoms with Crippen molar-refractivity contribution in [3.8, 4) is 11.3 Å². The third kappa shape index (κ3) is 5.99. The molecule has 2 aromatic carbocycles. The molecule has 226 valence electrons. The molecule has 6 heteroatoms. The van der Waals surface area contributed by atoms with Gasteiger partial charge in [0.2, 0.25) is 5.91 Å². The molecule has 2 aliphatic rings. The van der Waals surface area contributed by atoms with Crippen LogP contribution in [0.2, 0.25) is 0 Å². The number of fused-ring (bicyclic) bond motifs is 3. The standard InChI is InChI=1S/C37H47N5O/c1-24-18-25(2)20-28(19-24)35-34(26(3)22-38-16-7-6-8-27-15-17-39-40-23-27)32-21-29(9-14-33(32)41-35)37(4,5)36(43)42-30-10-11-31(42)13-12-30/h9,14-15,17-21,23,26,30-31,38,41H,6-8,10-13,16,22H2,1-5H3. The van der Waals surface area contributed by atoms with E-state index in [9.17, 15) is 4.79 Å². The molecule has 0 aliphatic carbocycles. The van der Waals surface area contributed by atoms with Crippen molar-refractivity contribution in [2.24, 2.45) is 0 Å². The first-order valence-electron chi connectivity index (χ1n) is 16.3. The van der Waals surface area contributed by atoms with Crippen LogP contribution in [0.5, 0.6) is 0 Å². The van der Waals surface area contributed by atoms with Crippen molar-refractivity contribution >= 4 is 16.8 Å². The summed E-state index contributed by atoms with van der Waals surface area (Å²) >= 11 is 0. The second-order valence-electron chi connectivity index (χ2n) is 13.7. The number of unbranched alkanes of at least 4 members (excludes halogenated alkanes) is 1. The van der Waals surface area contributed by atoms with Crippen molar-refractivity contribution < 1.29 is 4.79 Å². The molecule has 6 rings (SSSR count). The van der Waals surface area contributed by atoms with Crippen LogP contribution in [0.15, 0.2) is 54.9 Å². The van der Waals surface area contributed by atoms with Crippen molar-refractivity contribution in [3.05, 3.63) is 82.7 Å². The van der Waals surface area contributed by atoms with E-state index in [4.69, 9.17) is 0 Å². The third-order valence-corrected chi connectivity index (χ3v) is 9.95. The lowest BCUT2D eigenvalue weighted by Crippen LogP contribution is -2.45. The fourth-order valence-corrected chi connectivity index (χ4v) is 7.62. The normalized spacial score (nSPS) is 19.0. The predicted molar refractivity (Wildman–Crippen MR) is 175 cm³/mol. The van der Waals surface area contributed by atoms with Gasteiger partial charge in [-0.05, 0) is 138 Å². The van der Waals surface area contributed by atoms with Crippen LogP contribution >= 0.6 is 0 Å². The van der Waals surface area contributed by atoms with E-state index in [0.717, 1.165) is 69.1 Å². The monoisotopic (exact) mass is 577 g/mol. The molecule has 6 nitrogen and oxygen atoms in total. The van der Waals surface area contributed by atoms with Gasteiger partial charge in [-0.15, -0.1) is 0 Å². The van der Waals surface area contributed by atoms with E-state index >= 15 is 0 Å².